The molecule has 0 bridgehead atoms. The highest BCUT2D eigenvalue weighted by Gasteiger charge is 2.44. The Morgan fingerprint density at radius 2 is 2.30 bits per heavy atom. The highest BCUT2D eigenvalue weighted by atomic mass is 16.2. The molecule has 1 aromatic heterocycles. The predicted octanol–water partition coefficient (Wildman–Crippen LogP) is 0.700. The van der Waals surface area contributed by atoms with Gasteiger partial charge < -0.3 is 15.2 Å². The van der Waals surface area contributed by atoms with Crippen LogP contribution in [0.5, 0.6) is 0 Å². The number of nitrogens with zero attached hydrogens (tertiary/aromatic N) is 4. The summed E-state index contributed by atoms with van der Waals surface area (Å²) in [6, 6.07) is -0.0263. The Hall–Kier alpha value is -1.43. The van der Waals surface area contributed by atoms with Crippen LogP contribution in [0.4, 0.5) is 0 Å². The highest BCUT2D eigenvalue weighted by molar-refractivity contribution is 5.83. The smallest absolute Gasteiger partial charge is 0.230 e. The van der Waals surface area contributed by atoms with Gasteiger partial charge in [-0.05, 0) is 26.2 Å². The van der Waals surface area contributed by atoms with E-state index in [4.69, 9.17) is 5.73 Å². The number of amides is 1. The molecule has 0 radical (unpaired) electrons. The number of hydrogen-bond donors (Lipinski definition) is 1. The van der Waals surface area contributed by atoms with Crippen LogP contribution in [0, 0.1) is 5.41 Å². The molecule has 1 saturated carbocycles. The predicted molar refractivity (Wildman–Crippen MR) is 74.8 cm³/mol. The first-order chi connectivity index (χ1) is 9.52. The Morgan fingerprint density at radius 1 is 1.50 bits per heavy atom. The van der Waals surface area contributed by atoms with Crippen molar-refractivity contribution in [3.63, 3.8) is 0 Å². The summed E-state index contributed by atoms with van der Waals surface area (Å²) in [4.78, 5) is 14.5. The molecule has 1 amide bonds. The minimum atomic E-state index is -0.414. The molecule has 2 aliphatic rings. The molecule has 2 unspecified atom stereocenters. The maximum absolute atomic E-state index is 12.7. The van der Waals surface area contributed by atoms with Crippen LogP contribution in [0.1, 0.15) is 44.3 Å². The van der Waals surface area contributed by atoms with Crippen LogP contribution >= 0.6 is 0 Å². The zero-order chi connectivity index (χ0) is 14.3. The molecule has 3 rings (SSSR count). The van der Waals surface area contributed by atoms with Gasteiger partial charge in [0.25, 0.3) is 0 Å². The summed E-state index contributed by atoms with van der Waals surface area (Å²) in [5.41, 5.74) is 5.72. The zero-order valence-corrected chi connectivity index (χ0v) is 12.3. The van der Waals surface area contributed by atoms with Crippen molar-refractivity contribution in [3.8, 4) is 0 Å². The van der Waals surface area contributed by atoms with Crippen molar-refractivity contribution < 1.29 is 4.79 Å². The summed E-state index contributed by atoms with van der Waals surface area (Å²) >= 11 is 0. The number of aryl methyl sites for hydroxylation is 1. The van der Waals surface area contributed by atoms with Gasteiger partial charge in [0.1, 0.15) is 5.82 Å². The van der Waals surface area contributed by atoms with Crippen LogP contribution in [0.25, 0.3) is 0 Å². The van der Waals surface area contributed by atoms with E-state index in [1.165, 1.54) is 0 Å². The van der Waals surface area contributed by atoms with Crippen molar-refractivity contribution in [2.45, 2.75) is 58.2 Å². The van der Waals surface area contributed by atoms with E-state index < -0.39 is 5.41 Å². The molecule has 0 spiro atoms. The molecule has 2 N–H and O–H groups in total. The van der Waals surface area contributed by atoms with E-state index in [9.17, 15) is 4.79 Å². The Balaban J connectivity index is 1.73. The summed E-state index contributed by atoms with van der Waals surface area (Å²) in [5.74, 6) is 2.07. The maximum Gasteiger partial charge on any atom is 0.230 e. The largest absolute Gasteiger partial charge is 0.338 e. The molecule has 20 heavy (non-hydrogen) atoms. The third kappa shape index (κ3) is 2.02. The average Bonchev–Trinajstić information content (AvgIpc) is 3.09. The zero-order valence-electron chi connectivity index (χ0n) is 12.3. The second kappa shape index (κ2) is 4.84. The van der Waals surface area contributed by atoms with Gasteiger partial charge in [-0.2, -0.15) is 0 Å². The topological polar surface area (TPSA) is 77.0 Å². The van der Waals surface area contributed by atoms with Gasteiger partial charge in [-0.15, -0.1) is 10.2 Å². The Kier molecular flexibility index (Phi) is 3.28. The Morgan fingerprint density at radius 3 is 3.00 bits per heavy atom. The molecule has 6 nitrogen and oxygen atoms in total. The van der Waals surface area contributed by atoms with Crippen molar-refractivity contribution in [3.05, 3.63) is 11.6 Å². The summed E-state index contributed by atoms with van der Waals surface area (Å²) in [5, 5.41) is 8.41. The van der Waals surface area contributed by atoms with Gasteiger partial charge in [0.2, 0.25) is 5.91 Å². The van der Waals surface area contributed by atoms with E-state index in [2.05, 4.69) is 14.8 Å². The van der Waals surface area contributed by atoms with Crippen LogP contribution in [-0.4, -0.2) is 38.7 Å². The minimum Gasteiger partial charge on any atom is -0.338 e. The van der Waals surface area contributed by atoms with Crippen LogP contribution in [0.2, 0.25) is 0 Å². The van der Waals surface area contributed by atoms with Crippen molar-refractivity contribution in [2.24, 2.45) is 11.1 Å². The van der Waals surface area contributed by atoms with Crippen LogP contribution in [0.3, 0.4) is 0 Å². The molecule has 110 valence electrons. The molecule has 1 fully saturated rings. The van der Waals surface area contributed by atoms with Crippen molar-refractivity contribution >= 4 is 5.91 Å². The minimum absolute atomic E-state index is 0.0263. The van der Waals surface area contributed by atoms with Gasteiger partial charge in [0.15, 0.2) is 5.82 Å². The van der Waals surface area contributed by atoms with Gasteiger partial charge in [-0.1, -0.05) is 6.42 Å². The quantitative estimate of drug-likeness (QED) is 0.882. The van der Waals surface area contributed by atoms with E-state index in [1.807, 2.05) is 14.0 Å². The first-order valence-corrected chi connectivity index (χ1v) is 7.44. The lowest BCUT2D eigenvalue weighted by Gasteiger charge is -2.32. The van der Waals surface area contributed by atoms with Crippen LogP contribution in [-0.2, 0) is 24.3 Å². The molecule has 2 heterocycles. The van der Waals surface area contributed by atoms with E-state index >= 15 is 0 Å². The van der Waals surface area contributed by atoms with Crippen molar-refractivity contribution in [1.29, 1.82) is 0 Å². The number of hydrogen-bond acceptors (Lipinski definition) is 4. The van der Waals surface area contributed by atoms with E-state index in [0.29, 0.717) is 6.54 Å². The molecule has 2 atom stereocenters. The summed E-state index contributed by atoms with van der Waals surface area (Å²) in [6.45, 7) is 3.49. The molecule has 6 heteroatoms. The second-order valence-electron chi connectivity index (χ2n) is 6.37. The van der Waals surface area contributed by atoms with Gasteiger partial charge in [-0.25, -0.2) is 0 Å². The fraction of sp³-hybridized carbons (Fsp3) is 0.786. The first-order valence-electron chi connectivity index (χ1n) is 7.44. The Labute approximate surface area is 119 Å². The average molecular weight is 277 g/mol. The molecule has 1 aliphatic carbocycles. The van der Waals surface area contributed by atoms with Crippen molar-refractivity contribution in [2.75, 3.05) is 7.05 Å². The van der Waals surface area contributed by atoms with Gasteiger partial charge in [0, 0.05) is 26.1 Å². The number of carbonyl (C=O) groups excluding carboxylic acids is 1. The fourth-order valence-corrected chi connectivity index (χ4v) is 3.51. The normalized spacial score (nSPS) is 28.6. The highest BCUT2D eigenvalue weighted by Crippen LogP contribution is 2.38. The number of carbonyl (C=O) groups is 1. The number of nitrogens with two attached hydrogens (primary N) is 1. The summed E-state index contributed by atoms with van der Waals surface area (Å²) < 4.78 is 2.14. The molecular weight excluding hydrogens is 254 g/mol. The van der Waals surface area contributed by atoms with E-state index in [-0.39, 0.29) is 11.9 Å². The fourth-order valence-electron chi connectivity index (χ4n) is 3.51. The maximum atomic E-state index is 12.7. The molecule has 0 aromatic carbocycles. The third-order valence-corrected chi connectivity index (χ3v) is 4.93. The van der Waals surface area contributed by atoms with E-state index in [0.717, 1.165) is 50.3 Å². The number of fused-ring (bicyclic) bond motifs is 1. The molecule has 1 aliphatic heterocycles. The standard InChI is InChI=1S/C14H23N5O/c1-14(7-3-5-10(14)15)13(20)18(2)9-12-17-16-11-6-4-8-19(11)12/h10H,3-9,15H2,1-2H3. The lowest BCUT2D eigenvalue weighted by molar-refractivity contribution is -0.141. The van der Waals surface area contributed by atoms with Crippen LogP contribution in [0.15, 0.2) is 0 Å². The van der Waals surface area contributed by atoms with Gasteiger partial charge in [-0.3, -0.25) is 4.79 Å². The second-order valence-corrected chi connectivity index (χ2v) is 6.37. The SMILES string of the molecule is CN(Cc1nnc2n1CCC2)C(=O)C1(C)CCCC1N. The number of rotatable bonds is 3. The number of aromatic nitrogens is 3. The van der Waals surface area contributed by atoms with Crippen molar-refractivity contribution in [1.82, 2.24) is 19.7 Å². The van der Waals surface area contributed by atoms with E-state index in [1.54, 1.807) is 4.90 Å². The van der Waals surface area contributed by atoms with Gasteiger partial charge >= 0.3 is 0 Å². The lowest BCUT2D eigenvalue weighted by atomic mass is 9.83. The molecule has 0 saturated heterocycles. The summed E-state index contributed by atoms with van der Waals surface area (Å²) in [6.07, 6.45) is 4.98. The van der Waals surface area contributed by atoms with Gasteiger partial charge in [0.05, 0.1) is 12.0 Å². The summed E-state index contributed by atoms with van der Waals surface area (Å²) in [7, 11) is 1.84. The molecular formula is C14H23N5O. The van der Waals surface area contributed by atoms with Crippen LogP contribution < -0.4 is 5.73 Å². The Bertz CT molecular complexity index is 526. The monoisotopic (exact) mass is 277 g/mol. The third-order valence-electron chi connectivity index (χ3n) is 4.93. The molecule has 1 aromatic rings. The first kappa shape index (κ1) is 13.5. The lowest BCUT2D eigenvalue weighted by Crippen LogP contribution is -2.47.